The lowest BCUT2D eigenvalue weighted by molar-refractivity contribution is -0.0734. The second kappa shape index (κ2) is 9.33. The number of carbonyl (C=O) groups is 1. The molecule has 1 fully saturated rings. The average Bonchev–Trinajstić information content (AvgIpc) is 3.17. The zero-order chi connectivity index (χ0) is 22.2. The highest BCUT2D eigenvalue weighted by Crippen LogP contribution is 2.44. The van der Waals surface area contributed by atoms with E-state index in [1.165, 1.54) is 17.4 Å². The Kier molecular flexibility index (Phi) is 6.94. The fourth-order valence-corrected chi connectivity index (χ4v) is 4.70. The molecule has 12 heteroatoms. The van der Waals surface area contributed by atoms with E-state index in [-0.39, 0.29) is 36.9 Å². The third-order valence-corrected chi connectivity index (χ3v) is 6.24. The summed E-state index contributed by atoms with van der Waals surface area (Å²) in [4.78, 5) is 25.7. The Balaban J connectivity index is 0.00000289. The maximum Gasteiger partial charge on any atom is 0.387 e. The second-order valence-corrected chi connectivity index (χ2v) is 8.30. The summed E-state index contributed by atoms with van der Waals surface area (Å²) in [5.74, 6) is -0.266. The van der Waals surface area contributed by atoms with E-state index in [2.05, 4.69) is 25.0 Å². The summed E-state index contributed by atoms with van der Waals surface area (Å²) in [6, 6.07) is 1.41. The van der Waals surface area contributed by atoms with Crippen molar-refractivity contribution < 1.29 is 27.8 Å². The summed E-state index contributed by atoms with van der Waals surface area (Å²) in [6.45, 7) is 1.34. The first kappa shape index (κ1) is 23.8. The first-order valence-corrected chi connectivity index (χ1v) is 10.4. The van der Waals surface area contributed by atoms with E-state index in [1.54, 1.807) is 12.3 Å². The Labute approximate surface area is 188 Å². The summed E-state index contributed by atoms with van der Waals surface area (Å²) in [5.41, 5.74) is 5.55. The Morgan fingerprint density at radius 3 is 2.97 bits per heavy atom. The van der Waals surface area contributed by atoms with Crippen LogP contribution in [0, 0.1) is 12.8 Å². The van der Waals surface area contributed by atoms with Crippen molar-refractivity contribution in [2.24, 2.45) is 16.6 Å². The summed E-state index contributed by atoms with van der Waals surface area (Å²) in [6.07, 6.45) is 1.89. The molecule has 3 N–H and O–H groups in total. The molecular weight excluding hydrogens is 444 g/mol. The summed E-state index contributed by atoms with van der Waals surface area (Å²) in [5, 5.41) is 5.05. The van der Waals surface area contributed by atoms with Crippen molar-refractivity contribution in [3.05, 3.63) is 33.9 Å². The third-order valence-electron chi connectivity index (χ3n) is 5.23. The number of aryl methyl sites for hydroxylation is 1. The number of alkyl halides is 2. The van der Waals surface area contributed by atoms with Crippen LogP contribution in [-0.2, 0) is 15.0 Å². The van der Waals surface area contributed by atoms with Crippen LogP contribution in [0.5, 0.6) is 5.75 Å². The van der Waals surface area contributed by atoms with Crippen LogP contribution >= 0.6 is 11.3 Å². The largest absolute Gasteiger partial charge is 0.465 e. The van der Waals surface area contributed by atoms with Crippen LogP contribution in [0.3, 0.4) is 0 Å². The van der Waals surface area contributed by atoms with Gasteiger partial charge in [0.2, 0.25) is 0 Å². The number of pyridine rings is 1. The molecule has 3 atom stereocenters. The number of nitrogens with zero attached hydrogens (tertiary/aromatic N) is 3. The molecule has 0 radical (unpaired) electrons. The van der Waals surface area contributed by atoms with Crippen molar-refractivity contribution in [2.45, 2.75) is 45.9 Å². The zero-order valence-corrected chi connectivity index (χ0v) is 17.6. The highest BCUT2D eigenvalue weighted by Gasteiger charge is 2.50. The van der Waals surface area contributed by atoms with Crippen molar-refractivity contribution in [1.29, 1.82) is 0 Å². The van der Waals surface area contributed by atoms with Crippen molar-refractivity contribution in [3.63, 3.8) is 0 Å². The van der Waals surface area contributed by atoms with Gasteiger partial charge in [-0.25, -0.2) is 15.0 Å². The summed E-state index contributed by atoms with van der Waals surface area (Å²) >= 11 is 1.34. The van der Waals surface area contributed by atoms with E-state index in [9.17, 15) is 13.6 Å². The Morgan fingerprint density at radius 1 is 1.47 bits per heavy atom. The maximum absolute atomic E-state index is 12.6. The zero-order valence-electron chi connectivity index (χ0n) is 16.8. The first-order valence-electron chi connectivity index (χ1n) is 9.55. The van der Waals surface area contributed by atoms with E-state index in [0.29, 0.717) is 29.6 Å². The van der Waals surface area contributed by atoms with E-state index in [0.717, 1.165) is 12.6 Å². The van der Waals surface area contributed by atoms with Crippen LogP contribution in [0.15, 0.2) is 22.6 Å². The Morgan fingerprint density at radius 2 is 2.25 bits per heavy atom. The number of hydrogen-bond acceptors (Lipinski definition) is 9. The number of amidine groups is 1. The lowest BCUT2D eigenvalue weighted by Crippen LogP contribution is -2.51. The minimum absolute atomic E-state index is 0. The quantitative estimate of drug-likeness (QED) is 0.689. The predicted molar refractivity (Wildman–Crippen MR) is 115 cm³/mol. The van der Waals surface area contributed by atoms with E-state index in [4.69, 9.17) is 15.2 Å². The molecule has 4 rings (SSSR count). The molecule has 2 aliphatic heterocycles. The van der Waals surface area contributed by atoms with Gasteiger partial charge in [0, 0.05) is 11.3 Å². The van der Waals surface area contributed by atoms with Crippen LogP contribution in [0.1, 0.15) is 41.8 Å². The number of halogens is 2. The fourth-order valence-electron chi connectivity index (χ4n) is 3.74. The van der Waals surface area contributed by atoms with Gasteiger partial charge in [-0.05, 0) is 31.9 Å². The number of rotatable bonds is 5. The molecule has 0 saturated carbocycles. The number of nitrogens with two attached hydrogens (primary N) is 1. The number of carbonyl (C=O) groups excluding carboxylic acids is 1. The molecule has 2 aromatic heterocycles. The lowest BCUT2D eigenvalue weighted by atomic mass is 9.79. The minimum atomic E-state index is -2.97. The third kappa shape index (κ3) is 4.65. The molecular formula is C20H25F2N5O4S. The van der Waals surface area contributed by atoms with Crippen molar-refractivity contribution in [3.8, 4) is 5.75 Å². The fraction of sp³-hybridized carbons (Fsp3) is 0.500. The topological polar surface area (TPSA) is 121 Å². The number of fused-ring (bicyclic) bond motifs is 1. The van der Waals surface area contributed by atoms with E-state index >= 15 is 0 Å². The van der Waals surface area contributed by atoms with Gasteiger partial charge in [-0.1, -0.05) is 7.43 Å². The number of thiazole rings is 1. The smallest absolute Gasteiger partial charge is 0.387 e. The van der Waals surface area contributed by atoms with Gasteiger partial charge in [0.1, 0.15) is 27.8 Å². The van der Waals surface area contributed by atoms with Gasteiger partial charge >= 0.3 is 6.61 Å². The van der Waals surface area contributed by atoms with Crippen molar-refractivity contribution in [2.75, 3.05) is 18.5 Å². The molecule has 1 amide bonds. The Bertz CT molecular complexity index is 1020. The van der Waals surface area contributed by atoms with Crippen LogP contribution < -0.4 is 15.8 Å². The molecule has 2 aliphatic rings. The molecule has 0 unspecified atom stereocenters. The monoisotopic (exact) mass is 469 g/mol. The minimum Gasteiger partial charge on any atom is -0.465 e. The van der Waals surface area contributed by atoms with Crippen LogP contribution in [0.25, 0.3) is 0 Å². The highest BCUT2D eigenvalue weighted by molar-refractivity contribution is 7.10. The normalized spacial score (nSPS) is 24.6. The molecule has 9 nitrogen and oxygen atoms in total. The standard InChI is InChI=1S/C19H21F2N5O4S.CH4/c1-9-3-12(30-17(20)21)5-23-14(9)15(27)24-13-7-31-16(25-13)19-8-29-10(2)4-11(19)6-28-18(22)26-19;/h3,5,7,10-11,17H,4,6,8H2,1-2H3,(H2,22,26)(H,24,27);1H4/t10-,11-,19-;/m0./s1. The molecule has 1 saturated heterocycles. The van der Waals surface area contributed by atoms with Crippen molar-refractivity contribution >= 4 is 29.1 Å². The summed E-state index contributed by atoms with van der Waals surface area (Å²) < 4.78 is 40.3. The van der Waals surface area contributed by atoms with Gasteiger partial charge in [0.05, 0.1) is 25.5 Å². The number of ether oxygens (including phenoxy) is 3. The lowest BCUT2D eigenvalue weighted by Gasteiger charge is -2.43. The van der Waals surface area contributed by atoms with Crippen LogP contribution in [-0.4, -0.2) is 47.8 Å². The SMILES string of the molecule is C.Cc1cc(OC(F)F)cnc1C(=O)Nc1csc([C@]23CO[C@@H](C)C[C@H]2COC(N)=N3)n1. The highest BCUT2D eigenvalue weighted by atomic mass is 32.1. The first-order chi connectivity index (χ1) is 14.8. The number of anilines is 1. The average molecular weight is 470 g/mol. The van der Waals surface area contributed by atoms with Crippen LogP contribution in [0.2, 0.25) is 0 Å². The van der Waals surface area contributed by atoms with E-state index < -0.39 is 18.1 Å². The van der Waals surface area contributed by atoms with Gasteiger partial charge in [0.15, 0.2) is 0 Å². The number of nitrogens with one attached hydrogen (secondary N) is 1. The second-order valence-electron chi connectivity index (χ2n) is 7.45. The van der Waals surface area contributed by atoms with Gasteiger partial charge in [-0.2, -0.15) is 8.78 Å². The molecule has 32 heavy (non-hydrogen) atoms. The maximum atomic E-state index is 12.6. The predicted octanol–water partition coefficient (Wildman–Crippen LogP) is 3.30. The molecule has 2 aromatic rings. The van der Waals surface area contributed by atoms with Crippen molar-refractivity contribution in [1.82, 2.24) is 9.97 Å². The molecule has 0 aliphatic carbocycles. The van der Waals surface area contributed by atoms with Gasteiger partial charge in [-0.3, -0.25) is 4.79 Å². The molecule has 4 heterocycles. The van der Waals surface area contributed by atoms with E-state index in [1.807, 2.05) is 6.92 Å². The summed E-state index contributed by atoms with van der Waals surface area (Å²) in [7, 11) is 0. The number of aromatic nitrogens is 2. The number of amides is 1. The molecule has 0 aromatic carbocycles. The van der Waals surface area contributed by atoms with Gasteiger partial charge in [-0.15, -0.1) is 11.3 Å². The molecule has 0 spiro atoms. The van der Waals surface area contributed by atoms with Gasteiger partial charge < -0.3 is 25.3 Å². The number of hydrogen-bond donors (Lipinski definition) is 2. The Hall–Kier alpha value is -2.86. The molecule has 174 valence electrons. The molecule has 0 bridgehead atoms. The number of aliphatic imine (C=N–C) groups is 1. The van der Waals surface area contributed by atoms with Gasteiger partial charge in [0.25, 0.3) is 11.9 Å². The van der Waals surface area contributed by atoms with Crippen LogP contribution in [0.4, 0.5) is 14.6 Å².